The van der Waals surface area contributed by atoms with Gasteiger partial charge in [0.25, 0.3) is 0 Å². The number of aromatic nitrogens is 1. The number of nitrogens with zero attached hydrogens (tertiary/aromatic N) is 1. The van der Waals surface area contributed by atoms with Crippen LogP contribution >= 0.6 is 0 Å². The monoisotopic (exact) mass is 319 g/mol. The van der Waals surface area contributed by atoms with Crippen LogP contribution in [0.1, 0.15) is 29.6 Å². The van der Waals surface area contributed by atoms with Crippen LogP contribution in [-0.2, 0) is 9.47 Å². The van der Waals surface area contributed by atoms with Gasteiger partial charge >= 0.3 is 12.1 Å². The maximum atomic E-state index is 12.0. The second-order valence-electron chi connectivity index (χ2n) is 4.88. The summed E-state index contributed by atoms with van der Waals surface area (Å²) in [4.78, 5) is 15.4. The molecule has 0 radical (unpaired) electrons. The van der Waals surface area contributed by atoms with Crippen LogP contribution in [0.5, 0.6) is 5.88 Å². The van der Waals surface area contributed by atoms with E-state index in [2.05, 4.69) is 9.72 Å². The van der Waals surface area contributed by atoms with Gasteiger partial charge in [-0.1, -0.05) is 0 Å². The molecule has 1 unspecified atom stereocenters. The Hall–Kier alpha value is -1.83. The minimum atomic E-state index is -4.43. The lowest BCUT2D eigenvalue weighted by Crippen LogP contribution is -2.26. The highest BCUT2D eigenvalue weighted by Gasteiger charge is 2.28. The molecule has 22 heavy (non-hydrogen) atoms. The predicted octanol–water partition coefficient (Wildman–Crippen LogP) is 2.75. The molecule has 122 valence electrons. The highest BCUT2D eigenvalue weighted by Crippen LogP contribution is 2.17. The molecule has 1 saturated heterocycles. The SMILES string of the molecule is O=C(OCC1CCCCO1)c1ccc(OCC(F)(F)F)nc1. The predicted molar refractivity (Wildman–Crippen MR) is 69.7 cm³/mol. The van der Waals surface area contributed by atoms with E-state index in [1.54, 1.807) is 0 Å². The summed E-state index contributed by atoms with van der Waals surface area (Å²) in [5.74, 6) is -0.798. The number of carbonyl (C=O) groups is 1. The molecule has 0 aliphatic carbocycles. The number of hydrogen-bond acceptors (Lipinski definition) is 5. The zero-order valence-corrected chi connectivity index (χ0v) is 11.8. The molecule has 0 amide bonds. The molecular weight excluding hydrogens is 303 g/mol. The number of hydrogen-bond donors (Lipinski definition) is 0. The molecule has 8 heteroatoms. The topological polar surface area (TPSA) is 57.7 Å². The number of rotatable bonds is 5. The first-order chi connectivity index (χ1) is 10.4. The summed E-state index contributed by atoms with van der Waals surface area (Å²) < 4.78 is 50.9. The Kier molecular flexibility index (Phi) is 5.59. The number of ether oxygens (including phenoxy) is 3. The summed E-state index contributed by atoms with van der Waals surface area (Å²) in [6, 6.07) is 2.50. The van der Waals surface area contributed by atoms with Crippen LogP contribution in [0.15, 0.2) is 18.3 Å². The number of carbonyl (C=O) groups excluding carboxylic acids is 1. The van der Waals surface area contributed by atoms with Crippen LogP contribution in [-0.4, -0.2) is 43.1 Å². The van der Waals surface area contributed by atoms with Crippen molar-refractivity contribution >= 4 is 5.97 Å². The van der Waals surface area contributed by atoms with Crippen molar-refractivity contribution in [3.8, 4) is 5.88 Å². The van der Waals surface area contributed by atoms with Crippen LogP contribution in [0.25, 0.3) is 0 Å². The lowest BCUT2D eigenvalue weighted by atomic mass is 10.1. The van der Waals surface area contributed by atoms with Gasteiger partial charge in [-0.15, -0.1) is 0 Å². The quantitative estimate of drug-likeness (QED) is 0.781. The van der Waals surface area contributed by atoms with Crippen LogP contribution in [0.4, 0.5) is 13.2 Å². The van der Waals surface area contributed by atoms with Gasteiger partial charge in [0.15, 0.2) is 6.61 Å². The average molecular weight is 319 g/mol. The second-order valence-corrected chi connectivity index (χ2v) is 4.88. The Bertz CT molecular complexity index is 484. The van der Waals surface area contributed by atoms with E-state index in [1.165, 1.54) is 12.1 Å². The molecule has 1 aromatic rings. The van der Waals surface area contributed by atoms with Crippen molar-refractivity contribution in [3.63, 3.8) is 0 Å². The zero-order valence-electron chi connectivity index (χ0n) is 11.8. The van der Waals surface area contributed by atoms with E-state index < -0.39 is 18.8 Å². The third-order valence-electron chi connectivity index (χ3n) is 3.03. The number of halogens is 3. The van der Waals surface area contributed by atoms with Crippen LogP contribution in [0.3, 0.4) is 0 Å². The molecule has 5 nitrogen and oxygen atoms in total. The van der Waals surface area contributed by atoms with Crippen LogP contribution in [0.2, 0.25) is 0 Å². The smallest absolute Gasteiger partial charge is 0.422 e. The first-order valence-corrected chi connectivity index (χ1v) is 6.88. The third kappa shape index (κ3) is 5.51. The van der Waals surface area contributed by atoms with Gasteiger partial charge in [-0.25, -0.2) is 9.78 Å². The lowest BCUT2D eigenvalue weighted by molar-refractivity contribution is -0.154. The molecule has 1 aliphatic heterocycles. The molecule has 1 fully saturated rings. The van der Waals surface area contributed by atoms with Gasteiger partial charge in [0.2, 0.25) is 5.88 Å². The molecule has 0 N–H and O–H groups in total. The van der Waals surface area contributed by atoms with Gasteiger partial charge in [0, 0.05) is 18.9 Å². The van der Waals surface area contributed by atoms with E-state index in [0.717, 1.165) is 25.5 Å². The minimum Gasteiger partial charge on any atom is -0.468 e. The van der Waals surface area contributed by atoms with E-state index in [-0.39, 0.29) is 24.2 Å². The molecule has 1 atom stereocenters. The van der Waals surface area contributed by atoms with Gasteiger partial charge in [0.1, 0.15) is 6.61 Å². The number of alkyl halides is 3. The summed E-state index contributed by atoms with van der Waals surface area (Å²) in [5.41, 5.74) is 0.148. The molecule has 0 saturated carbocycles. The molecule has 2 rings (SSSR count). The van der Waals surface area contributed by atoms with E-state index in [0.29, 0.717) is 6.61 Å². The number of pyridine rings is 1. The number of esters is 1. The van der Waals surface area contributed by atoms with Gasteiger partial charge < -0.3 is 14.2 Å². The summed E-state index contributed by atoms with van der Waals surface area (Å²) in [7, 11) is 0. The summed E-state index contributed by atoms with van der Waals surface area (Å²) in [6.45, 7) is -0.608. The van der Waals surface area contributed by atoms with E-state index in [9.17, 15) is 18.0 Å². The van der Waals surface area contributed by atoms with Crippen molar-refractivity contribution in [2.75, 3.05) is 19.8 Å². The highest BCUT2D eigenvalue weighted by atomic mass is 19.4. The fraction of sp³-hybridized carbons (Fsp3) is 0.571. The average Bonchev–Trinajstić information content (AvgIpc) is 2.51. The minimum absolute atomic E-state index is 0.0972. The normalized spacial score (nSPS) is 18.8. The summed E-state index contributed by atoms with van der Waals surface area (Å²) in [6.07, 6.45) is -0.520. The van der Waals surface area contributed by atoms with Crippen molar-refractivity contribution in [1.82, 2.24) is 4.98 Å². The largest absolute Gasteiger partial charge is 0.468 e. The Morgan fingerprint density at radius 1 is 1.36 bits per heavy atom. The van der Waals surface area contributed by atoms with Crippen molar-refractivity contribution < 1.29 is 32.2 Å². The third-order valence-corrected chi connectivity index (χ3v) is 3.03. The molecule has 0 aromatic carbocycles. The summed E-state index contributed by atoms with van der Waals surface area (Å²) in [5, 5.41) is 0. The van der Waals surface area contributed by atoms with Crippen molar-refractivity contribution in [3.05, 3.63) is 23.9 Å². The molecule has 0 spiro atoms. The Labute approximate surface area is 125 Å². The van der Waals surface area contributed by atoms with E-state index >= 15 is 0 Å². The van der Waals surface area contributed by atoms with Gasteiger partial charge in [0.05, 0.1) is 11.7 Å². The summed E-state index contributed by atoms with van der Waals surface area (Å²) >= 11 is 0. The molecular formula is C14H16F3NO4. The lowest BCUT2D eigenvalue weighted by Gasteiger charge is -2.22. The fourth-order valence-electron chi connectivity index (χ4n) is 1.93. The van der Waals surface area contributed by atoms with Crippen LogP contribution < -0.4 is 4.74 Å². The standard InChI is InChI=1S/C14H16F3NO4/c15-14(16,17)9-22-12-5-4-10(7-18-12)13(19)21-8-11-3-1-2-6-20-11/h4-5,7,11H,1-3,6,8-9H2. The van der Waals surface area contributed by atoms with E-state index in [4.69, 9.17) is 9.47 Å². The first kappa shape index (κ1) is 16.5. The van der Waals surface area contributed by atoms with Crippen LogP contribution in [0, 0.1) is 0 Å². The Morgan fingerprint density at radius 3 is 2.77 bits per heavy atom. The zero-order chi connectivity index (χ0) is 16.0. The van der Waals surface area contributed by atoms with Gasteiger partial charge in [-0.05, 0) is 25.3 Å². The van der Waals surface area contributed by atoms with Gasteiger partial charge in [-0.2, -0.15) is 13.2 Å². The highest BCUT2D eigenvalue weighted by molar-refractivity contribution is 5.89. The Morgan fingerprint density at radius 2 is 2.18 bits per heavy atom. The maximum Gasteiger partial charge on any atom is 0.422 e. The molecule has 2 heterocycles. The molecule has 0 bridgehead atoms. The maximum absolute atomic E-state index is 12.0. The molecule has 1 aliphatic rings. The fourth-order valence-corrected chi connectivity index (χ4v) is 1.93. The van der Waals surface area contributed by atoms with Crippen molar-refractivity contribution in [2.24, 2.45) is 0 Å². The van der Waals surface area contributed by atoms with Crippen molar-refractivity contribution in [2.45, 2.75) is 31.5 Å². The Balaban J connectivity index is 1.80. The van der Waals surface area contributed by atoms with E-state index in [1.807, 2.05) is 0 Å². The second kappa shape index (κ2) is 7.44. The van der Waals surface area contributed by atoms with Gasteiger partial charge in [-0.3, -0.25) is 0 Å². The first-order valence-electron chi connectivity index (χ1n) is 6.88. The molecule has 1 aromatic heterocycles. The van der Waals surface area contributed by atoms with Crippen molar-refractivity contribution in [1.29, 1.82) is 0 Å².